The zero-order valence-corrected chi connectivity index (χ0v) is 12.4. The Morgan fingerprint density at radius 1 is 0.864 bits per heavy atom. The Hall–Kier alpha value is -2.79. The maximum absolute atomic E-state index is 4.54. The highest BCUT2D eigenvalue weighted by atomic mass is 32.1. The fourth-order valence-electron chi connectivity index (χ4n) is 2.23. The molecule has 4 aromatic rings. The summed E-state index contributed by atoms with van der Waals surface area (Å²) in [6, 6.07) is 20.0. The molecule has 5 heteroatoms. The molecule has 4 nitrogen and oxygen atoms in total. The highest BCUT2D eigenvalue weighted by Gasteiger charge is 2.01. The topological polar surface area (TPSA) is 50.2 Å². The Bertz CT molecular complexity index is 941. The van der Waals surface area contributed by atoms with Crippen molar-refractivity contribution in [2.24, 2.45) is 5.10 Å². The van der Waals surface area contributed by atoms with E-state index in [0.717, 1.165) is 31.9 Å². The van der Waals surface area contributed by atoms with Crippen LogP contribution in [0.5, 0.6) is 0 Å². The molecule has 0 bridgehead atoms. The normalized spacial score (nSPS) is 11.5. The molecule has 0 saturated carbocycles. The number of hydrazone groups is 1. The van der Waals surface area contributed by atoms with Crippen LogP contribution in [0.15, 0.2) is 65.8 Å². The maximum Gasteiger partial charge on any atom is 0.204 e. The van der Waals surface area contributed by atoms with Crippen LogP contribution in [0, 0.1) is 0 Å². The lowest BCUT2D eigenvalue weighted by molar-refractivity contribution is 1.29. The minimum atomic E-state index is 0.776. The van der Waals surface area contributed by atoms with Crippen molar-refractivity contribution in [3.63, 3.8) is 0 Å². The second kappa shape index (κ2) is 5.54. The first-order valence-electron chi connectivity index (χ1n) is 6.89. The molecule has 2 aromatic carbocycles. The summed E-state index contributed by atoms with van der Waals surface area (Å²) in [5.41, 5.74) is 5.72. The van der Waals surface area contributed by atoms with Gasteiger partial charge in [-0.1, -0.05) is 47.7 Å². The van der Waals surface area contributed by atoms with E-state index in [4.69, 9.17) is 0 Å². The van der Waals surface area contributed by atoms with E-state index in [1.807, 2.05) is 60.7 Å². The average molecular weight is 304 g/mol. The molecular formula is C17H12N4S. The van der Waals surface area contributed by atoms with E-state index in [2.05, 4.69) is 20.5 Å². The van der Waals surface area contributed by atoms with Crippen LogP contribution in [0.3, 0.4) is 0 Å². The van der Waals surface area contributed by atoms with Crippen LogP contribution < -0.4 is 5.43 Å². The summed E-state index contributed by atoms with van der Waals surface area (Å²) in [6.45, 7) is 0. The van der Waals surface area contributed by atoms with Crippen LogP contribution >= 0.6 is 11.3 Å². The number of rotatable bonds is 3. The summed E-state index contributed by atoms with van der Waals surface area (Å²) in [7, 11) is 0. The fourth-order valence-corrected chi connectivity index (χ4v) is 3.04. The minimum Gasteiger partial charge on any atom is -0.253 e. The van der Waals surface area contributed by atoms with Crippen molar-refractivity contribution in [1.82, 2.24) is 9.97 Å². The molecule has 4 rings (SSSR count). The molecular weight excluding hydrogens is 292 g/mol. The van der Waals surface area contributed by atoms with Crippen molar-refractivity contribution in [1.29, 1.82) is 0 Å². The lowest BCUT2D eigenvalue weighted by Crippen LogP contribution is -1.92. The third kappa shape index (κ3) is 2.54. The third-order valence-corrected chi connectivity index (χ3v) is 4.21. The van der Waals surface area contributed by atoms with Gasteiger partial charge in [0.15, 0.2) is 0 Å². The van der Waals surface area contributed by atoms with Gasteiger partial charge in [0.25, 0.3) is 0 Å². The smallest absolute Gasteiger partial charge is 0.204 e. The van der Waals surface area contributed by atoms with Gasteiger partial charge in [-0.2, -0.15) is 5.10 Å². The van der Waals surface area contributed by atoms with Crippen molar-refractivity contribution in [2.45, 2.75) is 0 Å². The first-order valence-corrected chi connectivity index (χ1v) is 7.71. The van der Waals surface area contributed by atoms with E-state index in [0.29, 0.717) is 0 Å². The molecule has 22 heavy (non-hydrogen) atoms. The predicted molar refractivity (Wildman–Crippen MR) is 92.6 cm³/mol. The molecule has 2 aromatic heterocycles. The number of hydrogen-bond donors (Lipinski definition) is 1. The fraction of sp³-hybridized carbons (Fsp3) is 0. The molecule has 0 unspecified atom stereocenters. The van der Waals surface area contributed by atoms with Crippen molar-refractivity contribution < 1.29 is 0 Å². The first-order chi connectivity index (χ1) is 10.9. The summed E-state index contributed by atoms with van der Waals surface area (Å²) in [5.74, 6) is 0. The summed E-state index contributed by atoms with van der Waals surface area (Å²) >= 11 is 1.58. The number of benzene rings is 2. The SMILES string of the molecule is C(=N\Nc1nc2ccccc2s1)/c1ccc2ccccc2n1. The molecule has 0 aliphatic rings. The minimum absolute atomic E-state index is 0.776. The zero-order chi connectivity index (χ0) is 14.8. The van der Waals surface area contributed by atoms with E-state index in [9.17, 15) is 0 Å². The van der Waals surface area contributed by atoms with Gasteiger partial charge < -0.3 is 0 Å². The van der Waals surface area contributed by atoms with Gasteiger partial charge in [0.05, 0.1) is 27.6 Å². The Labute approximate surface area is 131 Å². The van der Waals surface area contributed by atoms with Gasteiger partial charge in [-0.3, -0.25) is 5.43 Å². The van der Waals surface area contributed by atoms with E-state index in [-0.39, 0.29) is 0 Å². The number of hydrogen-bond acceptors (Lipinski definition) is 5. The van der Waals surface area contributed by atoms with Gasteiger partial charge in [-0.15, -0.1) is 0 Å². The summed E-state index contributed by atoms with van der Waals surface area (Å²) in [4.78, 5) is 9.01. The number of nitrogens with one attached hydrogen (secondary N) is 1. The zero-order valence-electron chi connectivity index (χ0n) is 11.6. The Morgan fingerprint density at radius 3 is 2.59 bits per heavy atom. The van der Waals surface area contributed by atoms with Gasteiger partial charge in [0, 0.05) is 5.39 Å². The van der Waals surface area contributed by atoms with Gasteiger partial charge in [0.1, 0.15) is 0 Å². The molecule has 0 saturated heterocycles. The average Bonchev–Trinajstić information content (AvgIpc) is 2.97. The Balaban J connectivity index is 1.55. The summed E-state index contributed by atoms with van der Waals surface area (Å²) < 4.78 is 1.14. The second-order valence-electron chi connectivity index (χ2n) is 4.79. The van der Waals surface area contributed by atoms with Crippen molar-refractivity contribution in [3.05, 3.63) is 66.4 Å². The third-order valence-electron chi connectivity index (χ3n) is 3.27. The number of nitrogens with zero attached hydrogens (tertiary/aromatic N) is 3. The van der Waals surface area contributed by atoms with Gasteiger partial charge in [-0.05, 0) is 24.3 Å². The number of anilines is 1. The van der Waals surface area contributed by atoms with E-state index >= 15 is 0 Å². The van der Waals surface area contributed by atoms with Crippen molar-refractivity contribution in [3.8, 4) is 0 Å². The number of pyridine rings is 1. The Morgan fingerprint density at radius 2 is 1.68 bits per heavy atom. The van der Waals surface area contributed by atoms with Crippen LogP contribution in [0.1, 0.15) is 5.69 Å². The first kappa shape index (κ1) is 12.9. The number of para-hydroxylation sites is 2. The van der Waals surface area contributed by atoms with E-state index in [1.54, 1.807) is 17.6 Å². The molecule has 0 atom stereocenters. The monoisotopic (exact) mass is 304 g/mol. The van der Waals surface area contributed by atoms with E-state index < -0.39 is 0 Å². The van der Waals surface area contributed by atoms with E-state index in [1.165, 1.54) is 0 Å². The van der Waals surface area contributed by atoms with Crippen LogP contribution in [0.4, 0.5) is 5.13 Å². The lowest BCUT2D eigenvalue weighted by Gasteiger charge is -1.98. The highest BCUT2D eigenvalue weighted by molar-refractivity contribution is 7.22. The number of aromatic nitrogens is 2. The molecule has 0 radical (unpaired) electrons. The maximum atomic E-state index is 4.54. The van der Waals surface area contributed by atoms with Crippen LogP contribution in [0.2, 0.25) is 0 Å². The van der Waals surface area contributed by atoms with Gasteiger partial charge >= 0.3 is 0 Å². The molecule has 106 valence electrons. The van der Waals surface area contributed by atoms with Crippen molar-refractivity contribution in [2.75, 3.05) is 5.43 Å². The quantitative estimate of drug-likeness (QED) is 0.454. The summed E-state index contributed by atoms with van der Waals surface area (Å²) in [5, 5.41) is 6.12. The predicted octanol–water partition coefficient (Wildman–Crippen LogP) is 4.29. The standard InChI is InChI=1S/C17H12N4S/c1-2-6-14-12(5-1)9-10-13(19-14)11-18-21-17-20-15-7-3-4-8-16(15)22-17/h1-11H,(H,20,21)/b18-11+. The number of thiazole rings is 1. The Kier molecular flexibility index (Phi) is 3.25. The molecule has 2 heterocycles. The molecule has 0 amide bonds. The van der Waals surface area contributed by atoms with Crippen LogP contribution in [-0.4, -0.2) is 16.2 Å². The lowest BCUT2D eigenvalue weighted by atomic mass is 10.2. The molecule has 0 aliphatic carbocycles. The van der Waals surface area contributed by atoms with Crippen molar-refractivity contribution >= 4 is 43.8 Å². The number of fused-ring (bicyclic) bond motifs is 2. The molecule has 0 spiro atoms. The highest BCUT2D eigenvalue weighted by Crippen LogP contribution is 2.25. The second-order valence-corrected chi connectivity index (χ2v) is 5.82. The summed E-state index contributed by atoms with van der Waals surface area (Å²) in [6.07, 6.45) is 1.71. The van der Waals surface area contributed by atoms with Crippen LogP contribution in [0.25, 0.3) is 21.1 Å². The largest absolute Gasteiger partial charge is 0.253 e. The van der Waals surface area contributed by atoms with Gasteiger partial charge in [-0.25, -0.2) is 9.97 Å². The molecule has 1 N–H and O–H groups in total. The van der Waals surface area contributed by atoms with Crippen LogP contribution in [-0.2, 0) is 0 Å². The molecule has 0 aliphatic heterocycles. The van der Waals surface area contributed by atoms with Gasteiger partial charge in [0.2, 0.25) is 5.13 Å². The molecule has 0 fully saturated rings.